The zero-order valence-corrected chi connectivity index (χ0v) is 10.1. The van der Waals surface area contributed by atoms with Crippen LogP contribution in [0.4, 0.5) is 0 Å². The number of carbonyl (C=O) groups excluding carboxylic acids is 1. The highest BCUT2D eigenvalue weighted by atomic mass is 32.2. The van der Waals surface area contributed by atoms with E-state index < -0.39 is 10.0 Å². The summed E-state index contributed by atoms with van der Waals surface area (Å²) in [6.45, 7) is 2.07. The number of hydrogen-bond acceptors (Lipinski definition) is 4. The lowest BCUT2D eigenvalue weighted by Crippen LogP contribution is -2.35. The maximum atomic E-state index is 11.1. The van der Waals surface area contributed by atoms with E-state index in [1.165, 1.54) is 0 Å². The predicted molar refractivity (Wildman–Crippen MR) is 61.9 cm³/mol. The SMILES string of the molecule is CCNS(=O)(=O)CCNC(=O)CC(N)=S. The highest BCUT2D eigenvalue weighted by Gasteiger charge is 2.09. The Morgan fingerprint density at radius 3 is 2.53 bits per heavy atom. The third-order valence-corrected chi connectivity index (χ3v) is 3.01. The van der Waals surface area contributed by atoms with Crippen molar-refractivity contribution in [1.29, 1.82) is 0 Å². The second kappa shape index (κ2) is 6.70. The zero-order valence-electron chi connectivity index (χ0n) is 8.45. The molecule has 1 amide bonds. The molecule has 0 bridgehead atoms. The zero-order chi connectivity index (χ0) is 11.9. The van der Waals surface area contributed by atoms with Crippen LogP contribution in [-0.4, -0.2) is 38.2 Å². The van der Waals surface area contributed by atoms with Gasteiger partial charge in [0.25, 0.3) is 0 Å². The Hall–Kier alpha value is -0.730. The summed E-state index contributed by atoms with van der Waals surface area (Å²) in [7, 11) is -3.28. The molecule has 0 aromatic carbocycles. The first kappa shape index (κ1) is 14.3. The van der Waals surface area contributed by atoms with Crippen LogP contribution < -0.4 is 15.8 Å². The van der Waals surface area contributed by atoms with Gasteiger partial charge in [0.1, 0.15) is 0 Å². The van der Waals surface area contributed by atoms with Gasteiger partial charge in [-0.1, -0.05) is 19.1 Å². The molecule has 0 atom stereocenters. The molecule has 0 radical (unpaired) electrons. The number of hydrogen-bond donors (Lipinski definition) is 3. The van der Waals surface area contributed by atoms with Crippen LogP contribution in [0, 0.1) is 0 Å². The Bertz CT molecular complexity index is 326. The van der Waals surface area contributed by atoms with E-state index in [1.807, 2.05) is 0 Å². The third-order valence-electron chi connectivity index (χ3n) is 1.39. The van der Waals surface area contributed by atoms with Crippen molar-refractivity contribution in [2.45, 2.75) is 13.3 Å². The van der Waals surface area contributed by atoms with Crippen LogP contribution in [0.5, 0.6) is 0 Å². The van der Waals surface area contributed by atoms with Gasteiger partial charge in [-0.15, -0.1) is 0 Å². The van der Waals surface area contributed by atoms with E-state index >= 15 is 0 Å². The first-order valence-electron chi connectivity index (χ1n) is 4.39. The van der Waals surface area contributed by atoms with Crippen molar-refractivity contribution < 1.29 is 13.2 Å². The molecule has 0 aromatic rings. The molecular weight excluding hydrogens is 238 g/mol. The minimum atomic E-state index is -3.28. The van der Waals surface area contributed by atoms with Crippen molar-refractivity contribution in [3.63, 3.8) is 0 Å². The molecule has 8 heteroatoms. The minimum Gasteiger partial charge on any atom is -0.393 e. The van der Waals surface area contributed by atoms with E-state index in [2.05, 4.69) is 22.3 Å². The van der Waals surface area contributed by atoms with Gasteiger partial charge >= 0.3 is 0 Å². The minimum absolute atomic E-state index is 0.0524. The Labute approximate surface area is 94.6 Å². The molecular formula is C7H15N3O3S2. The summed E-state index contributed by atoms with van der Waals surface area (Å²) < 4.78 is 24.5. The molecule has 0 aliphatic carbocycles. The van der Waals surface area contributed by atoms with Crippen LogP contribution in [0.15, 0.2) is 0 Å². The molecule has 0 spiro atoms. The Morgan fingerprint density at radius 1 is 1.47 bits per heavy atom. The molecule has 0 aromatic heterocycles. The topological polar surface area (TPSA) is 101 Å². The van der Waals surface area contributed by atoms with Crippen LogP contribution in [0.3, 0.4) is 0 Å². The average Bonchev–Trinajstić information content (AvgIpc) is 2.01. The fraction of sp³-hybridized carbons (Fsp3) is 0.714. The number of nitrogens with one attached hydrogen (secondary N) is 2. The van der Waals surface area contributed by atoms with E-state index in [4.69, 9.17) is 5.73 Å². The quantitative estimate of drug-likeness (QED) is 0.490. The van der Waals surface area contributed by atoms with Crippen molar-refractivity contribution in [3.05, 3.63) is 0 Å². The largest absolute Gasteiger partial charge is 0.393 e. The molecule has 4 N–H and O–H groups in total. The van der Waals surface area contributed by atoms with Gasteiger partial charge in [0.2, 0.25) is 15.9 Å². The molecule has 15 heavy (non-hydrogen) atoms. The van der Waals surface area contributed by atoms with Crippen molar-refractivity contribution in [2.24, 2.45) is 5.73 Å². The fourth-order valence-electron chi connectivity index (χ4n) is 0.838. The molecule has 0 aliphatic heterocycles. The first-order valence-corrected chi connectivity index (χ1v) is 6.45. The molecule has 0 fully saturated rings. The first-order chi connectivity index (χ1) is 6.87. The third kappa shape index (κ3) is 8.28. The van der Waals surface area contributed by atoms with Gasteiger partial charge in [-0.3, -0.25) is 4.79 Å². The lowest BCUT2D eigenvalue weighted by molar-refractivity contribution is -0.119. The molecule has 0 saturated heterocycles. The second-order valence-corrected chi connectivity index (χ2v) is 5.26. The van der Waals surface area contributed by atoms with Crippen LogP contribution in [0.25, 0.3) is 0 Å². The standard InChI is InChI=1S/C7H15N3O3S2/c1-2-10-15(12,13)4-3-9-7(11)5-6(8)14/h10H,2-5H2,1H3,(H2,8,14)(H,9,11). The predicted octanol–water partition coefficient (Wildman–Crippen LogP) is -1.28. The van der Waals surface area contributed by atoms with Crippen LogP contribution in [0.2, 0.25) is 0 Å². The summed E-state index contributed by atoms with van der Waals surface area (Å²) in [5.74, 6) is -0.515. The second-order valence-electron chi connectivity index (χ2n) is 2.81. The van der Waals surface area contributed by atoms with Gasteiger partial charge in [-0.2, -0.15) is 0 Å². The smallest absolute Gasteiger partial charge is 0.226 e. The number of nitrogens with two attached hydrogens (primary N) is 1. The van der Waals surface area contributed by atoms with Crippen LogP contribution >= 0.6 is 12.2 Å². The summed E-state index contributed by atoms with van der Waals surface area (Å²) in [6.07, 6.45) is -0.0589. The van der Waals surface area contributed by atoms with Crippen molar-refractivity contribution in [1.82, 2.24) is 10.0 Å². The molecule has 0 unspecified atom stereocenters. The highest BCUT2D eigenvalue weighted by Crippen LogP contribution is 1.84. The van der Waals surface area contributed by atoms with Crippen molar-refractivity contribution in [2.75, 3.05) is 18.8 Å². The van der Waals surface area contributed by atoms with E-state index in [0.717, 1.165) is 0 Å². The van der Waals surface area contributed by atoms with Gasteiger partial charge in [-0.05, 0) is 0 Å². The number of amides is 1. The lowest BCUT2D eigenvalue weighted by Gasteiger charge is -2.05. The Balaban J connectivity index is 3.80. The maximum Gasteiger partial charge on any atom is 0.226 e. The molecule has 0 saturated carbocycles. The number of carbonyl (C=O) groups is 1. The van der Waals surface area contributed by atoms with Gasteiger partial charge in [0.05, 0.1) is 17.2 Å². The van der Waals surface area contributed by atoms with E-state index in [-0.39, 0.29) is 29.6 Å². The van der Waals surface area contributed by atoms with E-state index in [1.54, 1.807) is 6.92 Å². The van der Waals surface area contributed by atoms with E-state index in [0.29, 0.717) is 6.54 Å². The van der Waals surface area contributed by atoms with E-state index in [9.17, 15) is 13.2 Å². The monoisotopic (exact) mass is 253 g/mol. The summed E-state index contributed by atoms with van der Waals surface area (Å²) in [5.41, 5.74) is 5.14. The van der Waals surface area contributed by atoms with Gasteiger partial charge in [-0.25, -0.2) is 13.1 Å². The normalized spacial score (nSPS) is 11.0. The van der Waals surface area contributed by atoms with Crippen molar-refractivity contribution in [3.8, 4) is 0 Å². The molecule has 0 rings (SSSR count). The van der Waals surface area contributed by atoms with Gasteiger partial charge in [0, 0.05) is 13.1 Å². The summed E-state index contributed by atoms with van der Waals surface area (Å²) >= 11 is 4.52. The summed E-state index contributed by atoms with van der Waals surface area (Å²) in [5, 5.41) is 2.40. The Kier molecular flexibility index (Phi) is 6.37. The number of sulfonamides is 1. The molecule has 0 heterocycles. The summed E-state index contributed by atoms with van der Waals surface area (Å²) in [4.78, 5) is 11.1. The molecule has 88 valence electrons. The van der Waals surface area contributed by atoms with Gasteiger partial charge in [0.15, 0.2) is 0 Å². The highest BCUT2D eigenvalue weighted by molar-refractivity contribution is 7.89. The average molecular weight is 253 g/mol. The van der Waals surface area contributed by atoms with Crippen LogP contribution in [0.1, 0.15) is 13.3 Å². The number of rotatable bonds is 7. The molecule has 6 nitrogen and oxygen atoms in total. The molecule has 0 aliphatic rings. The Morgan fingerprint density at radius 2 is 2.07 bits per heavy atom. The fourth-order valence-corrected chi connectivity index (χ4v) is 1.92. The lowest BCUT2D eigenvalue weighted by atomic mass is 10.4. The summed E-state index contributed by atoms with van der Waals surface area (Å²) in [6, 6.07) is 0. The van der Waals surface area contributed by atoms with Crippen molar-refractivity contribution >= 4 is 33.1 Å². The van der Waals surface area contributed by atoms with Crippen LogP contribution in [-0.2, 0) is 14.8 Å². The number of thiocarbonyl (C=S) groups is 1. The van der Waals surface area contributed by atoms with Gasteiger partial charge < -0.3 is 11.1 Å². The maximum absolute atomic E-state index is 11.1.